The number of likely N-dealkylation sites (N-methyl/N-ethyl adjacent to an activating group) is 1. The van der Waals surface area contributed by atoms with Gasteiger partial charge in [0.25, 0.3) is 0 Å². The highest BCUT2D eigenvalue weighted by atomic mass is 19.4. The number of hydrogen-bond acceptors (Lipinski definition) is 2. The van der Waals surface area contributed by atoms with Crippen molar-refractivity contribution in [3.05, 3.63) is 35.6 Å². The fraction of sp³-hybridized carbons (Fsp3) is 0.400. The molecule has 0 aromatic heterocycles. The van der Waals surface area contributed by atoms with Crippen LogP contribution in [0.15, 0.2) is 24.3 Å². The highest BCUT2D eigenvalue weighted by Gasteiger charge is 2.54. The number of nitrogens with one attached hydrogen (secondary N) is 1. The Balaban J connectivity index is 3.16. The molecule has 0 aliphatic carbocycles. The lowest BCUT2D eigenvalue weighted by Crippen LogP contribution is -2.49. The van der Waals surface area contributed by atoms with E-state index in [-0.39, 0.29) is 0 Å². The molecule has 1 atom stereocenters. The lowest BCUT2D eigenvalue weighted by molar-refractivity contribution is -0.264. The van der Waals surface area contributed by atoms with Crippen LogP contribution in [0.1, 0.15) is 5.56 Å². The molecule has 1 rings (SSSR count). The highest BCUT2D eigenvalue weighted by molar-refractivity contribution is 5.25. The quantitative estimate of drug-likeness (QED) is 0.785. The van der Waals surface area contributed by atoms with Gasteiger partial charge in [-0.1, -0.05) is 12.1 Å². The van der Waals surface area contributed by atoms with E-state index in [1.807, 2.05) is 0 Å². The molecule has 0 amide bonds. The molecule has 0 heterocycles. The first-order valence-corrected chi connectivity index (χ1v) is 4.51. The fourth-order valence-corrected chi connectivity index (χ4v) is 1.35. The molecular weight excluding hydrogens is 226 g/mol. The zero-order valence-corrected chi connectivity index (χ0v) is 8.48. The van der Waals surface area contributed by atoms with Crippen LogP contribution in [0.3, 0.4) is 0 Å². The second kappa shape index (κ2) is 4.39. The van der Waals surface area contributed by atoms with E-state index in [1.165, 1.54) is 7.05 Å². The Hall–Kier alpha value is -1.14. The Morgan fingerprint density at radius 3 is 2.06 bits per heavy atom. The van der Waals surface area contributed by atoms with Crippen LogP contribution in [0.2, 0.25) is 0 Å². The summed E-state index contributed by atoms with van der Waals surface area (Å²) in [5.74, 6) is -0.655. The van der Waals surface area contributed by atoms with Crippen molar-refractivity contribution < 1.29 is 22.7 Å². The molecule has 1 aromatic rings. The zero-order valence-electron chi connectivity index (χ0n) is 8.48. The second-order valence-electron chi connectivity index (χ2n) is 3.40. The molecule has 2 nitrogen and oxygen atoms in total. The molecule has 0 bridgehead atoms. The normalized spacial score (nSPS) is 15.9. The summed E-state index contributed by atoms with van der Waals surface area (Å²) >= 11 is 0. The predicted octanol–water partition coefficient (Wildman–Crippen LogP) is 1.79. The van der Waals surface area contributed by atoms with Crippen molar-refractivity contribution in [3.8, 4) is 0 Å². The van der Waals surface area contributed by atoms with Gasteiger partial charge >= 0.3 is 6.18 Å². The SMILES string of the molecule is CNCC(O)(c1ccc(F)cc1)C(F)(F)F. The van der Waals surface area contributed by atoms with Gasteiger partial charge in [-0.2, -0.15) is 13.2 Å². The summed E-state index contributed by atoms with van der Waals surface area (Å²) in [7, 11) is 1.29. The van der Waals surface area contributed by atoms with Gasteiger partial charge in [0, 0.05) is 6.54 Å². The van der Waals surface area contributed by atoms with E-state index in [2.05, 4.69) is 5.32 Å². The first-order valence-electron chi connectivity index (χ1n) is 4.51. The fourth-order valence-electron chi connectivity index (χ4n) is 1.35. The van der Waals surface area contributed by atoms with Crippen LogP contribution >= 0.6 is 0 Å². The van der Waals surface area contributed by atoms with Crippen LogP contribution in [0.4, 0.5) is 17.6 Å². The van der Waals surface area contributed by atoms with Gasteiger partial charge in [0.05, 0.1) is 0 Å². The Labute approximate surface area is 89.9 Å². The molecule has 0 radical (unpaired) electrons. The molecule has 1 aromatic carbocycles. The van der Waals surface area contributed by atoms with Crippen LogP contribution in [0.25, 0.3) is 0 Å². The number of benzene rings is 1. The smallest absolute Gasteiger partial charge is 0.375 e. The van der Waals surface area contributed by atoms with Gasteiger partial charge in [0.1, 0.15) is 5.82 Å². The van der Waals surface area contributed by atoms with Gasteiger partial charge in [0.15, 0.2) is 5.60 Å². The number of hydrogen-bond donors (Lipinski definition) is 2. The molecule has 0 fully saturated rings. The summed E-state index contributed by atoms with van der Waals surface area (Å²) in [6.07, 6.45) is -4.83. The monoisotopic (exact) mass is 237 g/mol. The van der Waals surface area contributed by atoms with Crippen molar-refractivity contribution in [2.24, 2.45) is 0 Å². The van der Waals surface area contributed by atoms with Gasteiger partial charge in [-0.25, -0.2) is 4.39 Å². The third-order valence-corrected chi connectivity index (χ3v) is 2.22. The molecule has 0 aliphatic rings. The summed E-state index contributed by atoms with van der Waals surface area (Å²) < 4.78 is 50.7. The van der Waals surface area contributed by atoms with Crippen LogP contribution in [-0.4, -0.2) is 24.9 Å². The van der Waals surface area contributed by atoms with E-state index in [0.29, 0.717) is 0 Å². The average molecular weight is 237 g/mol. The lowest BCUT2D eigenvalue weighted by Gasteiger charge is -2.30. The summed E-state index contributed by atoms with van der Waals surface area (Å²) in [6.45, 7) is -0.692. The van der Waals surface area contributed by atoms with Crippen molar-refractivity contribution in [2.75, 3.05) is 13.6 Å². The van der Waals surface area contributed by atoms with E-state index < -0.39 is 29.7 Å². The van der Waals surface area contributed by atoms with Crippen LogP contribution < -0.4 is 5.32 Å². The summed E-state index contributed by atoms with van der Waals surface area (Å²) in [5, 5.41) is 11.9. The molecular formula is C10H11F4NO. The third kappa shape index (κ3) is 2.33. The standard InChI is InChI=1S/C10H11F4NO/c1-15-6-9(16,10(12,13)14)7-2-4-8(11)5-3-7/h2-5,15-16H,6H2,1H3. The minimum atomic E-state index is -4.83. The van der Waals surface area contributed by atoms with Gasteiger partial charge in [-0.15, -0.1) is 0 Å². The minimum absolute atomic E-state index is 0.393. The average Bonchev–Trinajstić information content (AvgIpc) is 2.17. The Kier molecular flexibility index (Phi) is 3.54. The predicted molar refractivity (Wildman–Crippen MR) is 50.3 cm³/mol. The lowest BCUT2D eigenvalue weighted by atomic mass is 9.93. The van der Waals surface area contributed by atoms with E-state index in [4.69, 9.17) is 0 Å². The Morgan fingerprint density at radius 2 is 1.69 bits per heavy atom. The molecule has 0 saturated heterocycles. The van der Waals surface area contributed by atoms with Gasteiger partial charge in [0.2, 0.25) is 0 Å². The van der Waals surface area contributed by atoms with E-state index in [0.717, 1.165) is 24.3 Å². The summed E-state index contributed by atoms with van der Waals surface area (Å²) in [6, 6.07) is 3.59. The van der Waals surface area contributed by atoms with Gasteiger partial charge in [-0.05, 0) is 24.7 Å². The van der Waals surface area contributed by atoms with Crippen LogP contribution in [-0.2, 0) is 5.60 Å². The Bertz CT molecular complexity index is 349. The Morgan fingerprint density at radius 1 is 1.19 bits per heavy atom. The maximum atomic E-state index is 12.7. The maximum absolute atomic E-state index is 12.7. The van der Waals surface area contributed by atoms with Crippen LogP contribution in [0, 0.1) is 5.82 Å². The molecule has 90 valence electrons. The van der Waals surface area contributed by atoms with Crippen LogP contribution in [0.5, 0.6) is 0 Å². The van der Waals surface area contributed by atoms with Crippen molar-refractivity contribution >= 4 is 0 Å². The molecule has 0 saturated carbocycles. The van der Waals surface area contributed by atoms with Gasteiger partial charge < -0.3 is 10.4 Å². The first kappa shape index (κ1) is 12.9. The minimum Gasteiger partial charge on any atom is -0.375 e. The molecule has 16 heavy (non-hydrogen) atoms. The third-order valence-electron chi connectivity index (χ3n) is 2.22. The maximum Gasteiger partial charge on any atom is 0.422 e. The number of aliphatic hydroxyl groups is 1. The number of halogens is 4. The number of rotatable bonds is 3. The molecule has 0 spiro atoms. The summed E-state index contributed by atoms with van der Waals surface area (Å²) in [5.41, 5.74) is -3.40. The second-order valence-corrected chi connectivity index (χ2v) is 3.40. The van der Waals surface area contributed by atoms with Crippen molar-refractivity contribution in [1.29, 1.82) is 0 Å². The van der Waals surface area contributed by atoms with Crippen molar-refractivity contribution in [1.82, 2.24) is 5.32 Å². The largest absolute Gasteiger partial charge is 0.422 e. The number of alkyl halides is 3. The molecule has 1 unspecified atom stereocenters. The van der Waals surface area contributed by atoms with Crippen molar-refractivity contribution in [3.63, 3.8) is 0 Å². The van der Waals surface area contributed by atoms with E-state index in [9.17, 15) is 22.7 Å². The van der Waals surface area contributed by atoms with Crippen molar-refractivity contribution in [2.45, 2.75) is 11.8 Å². The van der Waals surface area contributed by atoms with Gasteiger partial charge in [-0.3, -0.25) is 0 Å². The molecule has 2 N–H and O–H groups in total. The summed E-state index contributed by atoms with van der Waals surface area (Å²) in [4.78, 5) is 0. The first-order chi connectivity index (χ1) is 7.31. The van der Waals surface area contributed by atoms with E-state index in [1.54, 1.807) is 0 Å². The topological polar surface area (TPSA) is 32.3 Å². The molecule has 6 heteroatoms. The van der Waals surface area contributed by atoms with E-state index >= 15 is 0 Å². The highest BCUT2D eigenvalue weighted by Crippen LogP contribution is 2.38. The zero-order chi connectivity index (χ0) is 12.4. The molecule has 0 aliphatic heterocycles.